The fourth-order valence-electron chi connectivity index (χ4n) is 8.89. The molecule has 2 aliphatic heterocycles. The van der Waals surface area contributed by atoms with Crippen molar-refractivity contribution >= 4 is 52.2 Å². The zero-order valence-corrected chi connectivity index (χ0v) is 40.0. The number of nitrogens with one attached hydrogen (secondary N) is 3. The van der Waals surface area contributed by atoms with Gasteiger partial charge in [-0.3, -0.25) is 23.6 Å². The Morgan fingerprint density at radius 1 is 0.897 bits per heavy atom. The minimum atomic E-state index is -0.884. The van der Waals surface area contributed by atoms with Gasteiger partial charge in [-0.15, -0.1) is 21.5 Å². The lowest BCUT2D eigenvalue weighted by molar-refractivity contribution is -0.144. The van der Waals surface area contributed by atoms with Crippen LogP contribution < -0.4 is 20.9 Å². The maximum atomic E-state index is 14.0. The summed E-state index contributed by atoms with van der Waals surface area (Å²) < 4.78 is 7.25. The molecule has 4 N–H and O–H groups in total. The number of anilines is 2. The Bertz CT molecular complexity index is 2650. The highest BCUT2D eigenvalue weighted by Gasteiger charge is 2.44. The molecule has 68 heavy (non-hydrogen) atoms. The average molecular weight is 944 g/mol. The number of piperazine rings is 1. The summed E-state index contributed by atoms with van der Waals surface area (Å²) in [7, 11) is 0. The van der Waals surface area contributed by atoms with Gasteiger partial charge in [0.05, 0.1) is 35.0 Å². The highest BCUT2D eigenvalue weighted by atomic mass is 32.1. The third-order valence-corrected chi connectivity index (χ3v) is 13.7. The number of benzene rings is 2. The summed E-state index contributed by atoms with van der Waals surface area (Å²) in [6.45, 7) is 11.2. The van der Waals surface area contributed by atoms with Gasteiger partial charge in [0.2, 0.25) is 29.6 Å². The number of aryl methyl sites for hydroxylation is 1. The number of aliphatic hydroxyl groups excluding tert-OH is 1. The summed E-state index contributed by atoms with van der Waals surface area (Å²) in [4.78, 5) is 69.6. The van der Waals surface area contributed by atoms with Crippen molar-refractivity contribution in [3.63, 3.8) is 0 Å². The van der Waals surface area contributed by atoms with E-state index in [0.29, 0.717) is 44.1 Å². The minimum absolute atomic E-state index is 0.0153. The number of furan rings is 1. The van der Waals surface area contributed by atoms with Crippen LogP contribution in [0, 0.1) is 12.3 Å². The molecule has 2 aliphatic rings. The first-order valence-corrected chi connectivity index (χ1v) is 24.3. The van der Waals surface area contributed by atoms with Crippen LogP contribution in [0.4, 0.5) is 11.6 Å². The number of aliphatic hydroxyl groups is 1. The van der Waals surface area contributed by atoms with Crippen LogP contribution >= 0.6 is 11.3 Å². The van der Waals surface area contributed by atoms with Crippen LogP contribution in [-0.2, 0) is 32.3 Å². The summed E-state index contributed by atoms with van der Waals surface area (Å²) in [6.07, 6.45) is 7.99. The third-order valence-electron chi connectivity index (χ3n) is 12.8. The quantitative estimate of drug-likeness (QED) is 0.0709. The van der Waals surface area contributed by atoms with Gasteiger partial charge in [0, 0.05) is 76.0 Å². The summed E-state index contributed by atoms with van der Waals surface area (Å²) in [5.74, 6) is 0.589. The van der Waals surface area contributed by atoms with Gasteiger partial charge in [-0.05, 0) is 66.1 Å². The largest absolute Gasteiger partial charge is 0.467 e. The summed E-state index contributed by atoms with van der Waals surface area (Å²) in [5, 5.41) is 28.3. The number of fused-ring (bicyclic) bond motifs is 1. The Morgan fingerprint density at radius 2 is 1.63 bits per heavy atom. The Kier molecular flexibility index (Phi) is 15.1. The summed E-state index contributed by atoms with van der Waals surface area (Å²) >= 11 is 1.58. The second-order valence-corrected chi connectivity index (χ2v) is 19.6. The SMILES string of the molecule is Cc1ncsc1-c1ccc(CNC(=O)[C@@H]2C[C@@H](O)CN2C(=O)[C@@H](NC(=O)CCCCCCC(=O)N2CCN(c3ccc(-c4cnc(NCc5ccco5)n5cnnc45)cc3)CC2)C(C)(C)C)cc1. The Morgan fingerprint density at radius 3 is 2.32 bits per heavy atom. The maximum Gasteiger partial charge on any atom is 0.246 e. The van der Waals surface area contributed by atoms with Crippen LogP contribution in [0.1, 0.15) is 82.7 Å². The minimum Gasteiger partial charge on any atom is -0.467 e. The third kappa shape index (κ3) is 11.5. The predicted molar refractivity (Wildman–Crippen MR) is 260 cm³/mol. The van der Waals surface area contributed by atoms with Crippen molar-refractivity contribution in [2.45, 2.75) is 104 Å². The number of hydrogen-bond donors (Lipinski definition) is 4. The van der Waals surface area contributed by atoms with Gasteiger partial charge in [-0.2, -0.15) is 0 Å². The highest BCUT2D eigenvalue weighted by molar-refractivity contribution is 7.13. The molecule has 358 valence electrons. The van der Waals surface area contributed by atoms with E-state index in [4.69, 9.17) is 4.42 Å². The van der Waals surface area contributed by atoms with Crippen LogP contribution in [0.15, 0.2) is 89.4 Å². The molecule has 0 saturated carbocycles. The van der Waals surface area contributed by atoms with Crippen molar-refractivity contribution in [1.82, 2.24) is 45.0 Å². The van der Waals surface area contributed by atoms with E-state index in [0.717, 1.165) is 76.6 Å². The number of thiazole rings is 1. The molecule has 0 spiro atoms. The molecule has 0 unspecified atom stereocenters. The number of nitrogens with zero attached hydrogens (tertiary/aromatic N) is 8. The maximum absolute atomic E-state index is 14.0. The van der Waals surface area contributed by atoms with Crippen molar-refractivity contribution in [2.75, 3.05) is 42.9 Å². The lowest BCUT2D eigenvalue weighted by atomic mass is 9.85. The number of β-amino-alcohol motifs (C(OH)–C–C–N with tert-alkyl or cyclic N) is 1. The number of rotatable bonds is 18. The molecule has 0 aliphatic carbocycles. The lowest BCUT2D eigenvalue weighted by Crippen LogP contribution is -2.57. The van der Waals surface area contributed by atoms with Gasteiger partial charge in [0.15, 0.2) is 5.65 Å². The molecule has 2 saturated heterocycles. The van der Waals surface area contributed by atoms with Crippen LogP contribution in [0.3, 0.4) is 0 Å². The van der Waals surface area contributed by atoms with Gasteiger partial charge in [-0.1, -0.05) is 70.0 Å². The summed E-state index contributed by atoms with van der Waals surface area (Å²) in [6, 6.07) is 18.2. The normalized spacial score (nSPS) is 16.8. The predicted octanol–water partition coefficient (Wildman–Crippen LogP) is 6.23. The number of hydrogen-bond acceptors (Lipinski definition) is 13. The molecule has 0 radical (unpaired) electrons. The van der Waals surface area contributed by atoms with Crippen LogP contribution in [0.5, 0.6) is 0 Å². The van der Waals surface area contributed by atoms with E-state index < -0.39 is 23.6 Å². The van der Waals surface area contributed by atoms with Crippen molar-refractivity contribution in [1.29, 1.82) is 0 Å². The molecule has 8 rings (SSSR count). The number of aromatic nitrogens is 5. The van der Waals surface area contributed by atoms with Crippen molar-refractivity contribution < 1.29 is 28.7 Å². The van der Waals surface area contributed by atoms with E-state index >= 15 is 0 Å². The van der Waals surface area contributed by atoms with Crippen LogP contribution in [-0.4, -0.2) is 114 Å². The average Bonchev–Trinajstić information content (AvgIpc) is 4.19. The number of amides is 4. The molecule has 3 atom stereocenters. The Balaban J connectivity index is 0.734. The van der Waals surface area contributed by atoms with Crippen LogP contribution in [0.25, 0.3) is 27.2 Å². The zero-order valence-electron chi connectivity index (χ0n) is 39.2. The second-order valence-electron chi connectivity index (χ2n) is 18.7. The number of carbonyl (C=O) groups is 4. The standard InChI is InChI=1S/C50H61N11O6S/c1-33-44(68-32-54-33)36-15-13-34(14-16-36)27-51-47(65)41-26-38(62)30-60(41)48(66)45(50(2,3)4)56-42(63)11-7-5-6-8-12-43(64)59-23-21-58(22-24-59)37-19-17-35(18-20-37)40-29-53-49(61-31-55-57-46(40)61)52-28-39-10-9-25-67-39/h9-10,13-20,25,29,31-32,38,41,45,62H,5-8,11-12,21-24,26-28,30H2,1-4H3,(H,51,65)(H,52,53)(H,56,63)/t38-,41+,45-/m1/s1. The van der Waals surface area contributed by atoms with Crippen molar-refractivity contribution in [3.05, 3.63) is 102 Å². The fraction of sp³-hybridized carbons (Fsp3) is 0.440. The van der Waals surface area contributed by atoms with Gasteiger partial charge >= 0.3 is 0 Å². The molecule has 0 bridgehead atoms. The number of likely N-dealkylation sites (tertiary alicyclic amines) is 1. The lowest BCUT2D eigenvalue weighted by Gasteiger charge is -2.36. The van der Waals surface area contributed by atoms with Gasteiger partial charge in [-0.25, -0.2) is 9.97 Å². The van der Waals surface area contributed by atoms with E-state index in [1.165, 1.54) is 4.90 Å². The Hall–Kier alpha value is -6.66. The first-order chi connectivity index (χ1) is 32.8. The smallest absolute Gasteiger partial charge is 0.246 e. The molecule has 6 heterocycles. The molecule has 4 aromatic heterocycles. The molecular weight excluding hydrogens is 883 g/mol. The molecule has 4 amide bonds. The van der Waals surface area contributed by atoms with Gasteiger partial charge < -0.3 is 40.2 Å². The zero-order chi connectivity index (χ0) is 47.8. The van der Waals surface area contributed by atoms with Gasteiger partial charge in [0.1, 0.15) is 24.2 Å². The van der Waals surface area contributed by atoms with E-state index in [2.05, 4.69) is 65.3 Å². The van der Waals surface area contributed by atoms with Crippen molar-refractivity contribution in [2.24, 2.45) is 5.41 Å². The molecular formula is C50H61N11O6S. The first-order valence-electron chi connectivity index (χ1n) is 23.5. The second kappa shape index (κ2) is 21.5. The topological polar surface area (TPSA) is 203 Å². The molecule has 6 aromatic rings. The molecule has 2 fully saturated rings. The Labute approximate surface area is 400 Å². The van der Waals surface area contributed by atoms with Crippen molar-refractivity contribution in [3.8, 4) is 21.6 Å². The monoisotopic (exact) mass is 943 g/mol. The number of unbranched alkanes of at least 4 members (excludes halogenated alkanes) is 3. The van der Waals surface area contributed by atoms with E-state index in [-0.39, 0.29) is 49.6 Å². The summed E-state index contributed by atoms with van der Waals surface area (Å²) in [5.41, 5.74) is 7.74. The molecule has 18 heteroatoms. The number of carbonyl (C=O) groups excluding carboxylic acids is 4. The van der Waals surface area contributed by atoms with E-state index in [9.17, 15) is 24.3 Å². The first kappa shape index (κ1) is 47.8. The van der Waals surface area contributed by atoms with E-state index in [1.54, 1.807) is 30.1 Å². The van der Waals surface area contributed by atoms with E-state index in [1.807, 2.05) is 78.9 Å². The van der Waals surface area contributed by atoms with Gasteiger partial charge in [0.25, 0.3) is 0 Å². The highest BCUT2D eigenvalue weighted by Crippen LogP contribution is 2.30. The van der Waals surface area contributed by atoms with Crippen LogP contribution in [0.2, 0.25) is 0 Å². The molecule has 17 nitrogen and oxygen atoms in total. The molecule has 2 aromatic carbocycles. The fourth-order valence-corrected chi connectivity index (χ4v) is 9.70.